The number of aryl methyl sites for hydroxylation is 1. The number of benzene rings is 1. The van der Waals surface area contributed by atoms with E-state index in [9.17, 15) is 0 Å². The second-order valence-electron chi connectivity index (χ2n) is 1.65. The van der Waals surface area contributed by atoms with Gasteiger partial charge in [-0.1, -0.05) is 35.9 Å². The first-order valence-corrected chi connectivity index (χ1v) is 2.41. The fourth-order valence-electron chi connectivity index (χ4n) is 0.534. The summed E-state index contributed by atoms with van der Waals surface area (Å²) in [5, 5.41) is 0. The largest absolute Gasteiger partial charge is 1.00 e. The summed E-state index contributed by atoms with van der Waals surface area (Å²) < 4.78 is 0. The summed E-state index contributed by atoms with van der Waals surface area (Å²) in [7, 11) is 0. The maximum absolute atomic E-state index is 2.08. The Kier molecular flexibility index (Phi) is 10.1. The maximum Gasteiger partial charge on any atom is 1.00 e. The third-order valence-corrected chi connectivity index (χ3v) is 0.940. The Morgan fingerprint density at radius 1 is 1.00 bits per heavy atom. The summed E-state index contributed by atoms with van der Waals surface area (Å²) in [4.78, 5) is 0. The molecule has 1 aromatic carbocycles. The SMILES string of the molecule is Cc1ccccc1.[CH3-].[Rb+]. The van der Waals surface area contributed by atoms with Crippen molar-refractivity contribution < 1.29 is 58.2 Å². The third kappa shape index (κ3) is 5.47. The summed E-state index contributed by atoms with van der Waals surface area (Å²) in [6.07, 6.45) is 0. The molecular weight excluding hydrogens is 182 g/mol. The molecule has 0 fully saturated rings. The maximum atomic E-state index is 2.08. The first kappa shape index (κ1) is 12.7. The van der Waals surface area contributed by atoms with E-state index in [-0.39, 0.29) is 65.6 Å². The summed E-state index contributed by atoms with van der Waals surface area (Å²) in [5.41, 5.74) is 1.32. The zero-order valence-electron chi connectivity index (χ0n) is 6.39. The fourth-order valence-corrected chi connectivity index (χ4v) is 0.534. The minimum atomic E-state index is 0. The Bertz CT molecular complexity index is 134. The molecule has 0 radical (unpaired) electrons. The third-order valence-electron chi connectivity index (χ3n) is 0.940. The van der Waals surface area contributed by atoms with Gasteiger partial charge in [-0.25, -0.2) is 0 Å². The van der Waals surface area contributed by atoms with Crippen molar-refractivity contribution in [3.63, 3.8) is 0 Å². The zero-order valence-corrected chi connectivity index (χ0v) is 11.3. The van der Waals surface area contributed by atoms with E-state index in [0.717, 1.165) is 0 Å². The predicted octanol–water partition coefficient (Wildman–Crippen LogP) is -0.551. The molecule has 0 N–H and O–H groups in total. The standard InChI is InChI=1S/C7H8.CH3.Rb/c1-7-5-3-2-4-6-7;;/h2-6H,1H3;1H3;/q;-1;+1. The van der Waals surface area contributed by atoms with Crippen molar-refractivity contribution >= 4 is 0 Å². The monoisotopic (exact) mass is 192 g/mol. The van der Waals surface area contributed by atoms with E-state index in [2.05, 4.69) is 19.1 Å². The molecule has 0 bridgehead atoms. The van der Waals surface area contributed by atoms with Gasteiger partial charge < -0.3 is 7.43 Å². The van der Waals surface area contributed by atoms with E-state index in [4.69, 9.17) is 0 Å². The van der Waals surface area contributed by atoms with E-state index in [1.165, 1.54) is 5.56 Å². The van der Waals surface area contributed by atoms with Gasteiger partial charge in [0.1, 0.15) is 0 Å². The molecule has 1 heteroatoms. The van der Waals surface area contributed by atoms with E-state index < -0.39 is 0 Å². The average Bonchev–Trinajstić information content (AvgIpc) is 1.69. The van der Waals surface area contributed by atoms with E-state index in [1.54, 1.807) is 0 Å². The molecule has 0 aromatic heterocycles. The summed E-state index contributed by atoms with van der Waals surface area (Å²) in [5.74, 6) is 0. The van der Waals surface area contributed by atoms with Crippen molar-refractivity contribution in [2.75, 3.05) is 0 Å². The Labute approximate surface area is 106 Å². The van der Waals surface area contributed by atoms with Crippen molar-refractivity contribution in [3.8, 4) is 0 Å². The van der Waals surface area contributed by atoms with Crippen LogP contribution >= 0.6 is 0 Å². The van der Waals surface area contributed by atoms with Gasteiger partial charge in [0.25, 0.3) is 0 Å². The van der Waals surface area contributed by atoms with Gasteiger partial charge in [0.15, 0.2) is 0 Å². The quantitative estimate of drug-likeness (QED) is 0.484. The van der Waals surface area contributed by atoms with Gasteiger partial charge in [0, 0.05) is 0 Å². The van der Waals surface area contributed by atoms with Gasteiger partial charge in [-0.05, 0) is 6.92 Å². The van der Waals surface area contributed by atoms with Gasteiger partial charge in [0.2, 0.25) is 0 Å². The van der Waals surface area contributed by atoms with E-state index in [1.807, 2.05) is 18.2 Å². The average molecular weight is 193 g/mol. The molecule has 0 saturated carbocycles. The van der Waals surface area contributed by atoms with Crippen molar-refractivity contribution in [1.29, 1.82) is 0 Å². The molecule has 0 aliphatic heterocycles. The molecule has 0 nitrogen and oxygen atoms in total. The summed E-state index contributed by atoms with van der Waals surface area (Å²) in [6.45, 7) is 2.08. The van der Waals surface area contributed by atoms with Crippen molar-refractivity contribution in [2.45, 2.75) is 6.92 Å². The first-order chi connectivity index (χ1) is 3.39. The minimum Gasteiger partial charge on any atom is -0.358 e. The van der Waals surface area contributed by atoms with Gasteiger partial charge >= 0.3 is 58.2 Å². The van der Waals surface area contributed by atoms with E-state index >= 15 is 0 Å². The summed E-state index contributed by atoms with van der Waals surface area (Å²) in [6, 6.07) is 10.3. The van der Waals surface area contributed by atoms with Crippen LogP contribution in [0, 0.1) is 14.4 Å². The molecule has 1 rings (SSSR count). The molecule has 0 aliphatic carbocycles. The second kappa shape index (κ2) is 7.14. The summed E-state index contributed by atoms with van der Waals surface area (Å²) >= 11 is 0. The Balaban J connectivity index is 0. The number of rotatable bonds is 0. The van der Waals surface area contributed by atoms with Gasteiger partial charge in [-0.15, -0.1) is 0 Å². The Hall–Kier alpha value is 1.03. The smallest absolute Gasteiger partial charge is 0.358 e. The number of hydrogen-bond acceptors (Lipinski definition) is 0. The zero-order chi connectivity index (χ0) is 5.11. The van der Waals surface area contributed by atoms with Crippen LogP contribution in [0.1, 0.15) is 5.56 Å². The molecule has 0 aliphatic rings. The molecular formula is C8H11Rb. The molecule has 0 saturated heterocycles. The molecule has 9 heavy (non-hydrogen) atoms. The van der Waals surface area contributed by atoms with Crippen molar-refractivity contribution in [2.24, 2.45) is 0 Å². The molecule has 0 amide bonds. The molecule has 1 aromatic rings. The van der Waals surface area contributed by atoms with E-state index in [0.29, 0.717) is 0 Å². The van der Waals surface area contributed by atoms with Crippen LogP contribution < -0.4 is 58.2 Å². The Morgan fingerprint density at radius 2 is 1.44 bits per heavy atom. The predicted molar refractivity (Wildman–Crippen MR) is 37.6 cm³/mol. The van der Waals surface area contributed by atoms with Crippen molar-refractivity contribution in [3.05, 3.63) is 43.3 Å². The topological polar surface area (TPSA) is 0 Å². The van der Waals surface area contributed by atoms with Crippen LogP contribution in [-0.4, -0.2) is 0 Å². The molecule has 44 valence electrons. The number of hydrogen-bond donors (Lipinski definition) is 0. The van der Waals surface area contributed by atoms with Crippen LogP contribution in [0.2, 0.25) is 0 Å². The molecule has 0 atom stereocenters. The van der Waals surface area contributed by atoms with Crippen LogP contribution in [0.25, 0.3) is 0 Å². The van der Waals surface area contributed by atoms with Gasteiger partial charge in [0.05, 0.1) is 0 Å². The van der Waals surface area contributed by atoms with Gasteiger partial charge in [-0.2, -0.15) is 0 Å². The molecule has 0 spiro atoms. The van der Waals surface area contributed by atoms with Crippen LogP contribution in [0.5, 0.6) is 0 Å². The van der Waals surface area contributed by atoms with Crippen LogP contribution in [-0.2, 0) is 0 Å². The fraction of sp³-hybridized carbons (Fsp3) is 0.125. The molecule has 0 unspecified atom stereocenters. The second-order valence-corrected chi connectivity index (χ2v) is 1.65. The van der Waals surface area contributed by atoms with Crippen LogP contribution in [0.4, 0.5) is 0 Å². The van der Waals surface area contributed by atoms with Crippen LogP contribution in [0.3, 0.4) is 0 Å². The van der Waals surface area contributed by atoms with Crippen molar-refractivity contribution in [1.82, 2.24) is 0 Å². The minimum absolute atomic E-state index is 0. The first-order valence-electron chi connectivity index (χ1n) is 2.41. The van der Waals surface area contributed by atoms with Gasteiger partial charge in [-0.3, -0.25) is 0 Å². The molecule has 0 heterocycles. The normalized spacial score (nSPS) is 6.78. The van der Waals surface area contributed by atoms with Crippen LogP contribution in [0.15, 0.2) is 30.3 Å². The Morgan fingerprint density at radius 3 is 1.67 bits per heavy atom.